The minimum atomic E-state index is 0.338. The second-order valence-electron chi connectivity index (χ2n) is 7.16. The molecule has 4 nitrogen and oxygen atoms in total. The Bertz CT molecular complexity index is 505. The first-order valence-electron chi connectivity index (χ1n) is 9.32. The number of nitrogens with one attached hydrogen (secondary N) is 1. The molecule has 2 aliphatic rings. The van der Waals surface area contributed by atoms with Crippen LogP contribution in [0.5, 0.6) is 0 Å². The Morgan fingerprint density at radius 1 is 1.12 bits per heavy atom. The van der Waals surface area contributed by atoms with Crippen molar-refractivity contribution in [3.63, 3.8) is 0 Å². The normalized spacial score (nSPS) is 23.6. The number of aliphatic hydroxyl groups excluding tert-OH is 1. The molecule has 0 bridgehead atoms. The molecule has 2 aliphatic heterocycles. The average Bonchev–Trinajstić information content (AvgIpc) is 2.63. The lowest BCUT2D eigenvalue weighted by Crippen LogP contribution is -2.46. The minimum absolute atomic E-state index is 0.338. The van der Waals surface area contributed by atoms with E-state index < -0.39 is 0 Å². The molecule has 0 radical (unpaired) electrons. The molecule has 3 rings (SSSR count). The van der Waals surface area contributed by atoms with E-state index in [2.05, 4.69) is 27.2 Å². The SMILES string of the molecule is OCC1CCCN(CCNC2CCN(c3ccccc3Cl)CC2)C1. The van der Waals surface area contributed by atoms with Gasteiger partial charge in [0.05, 0.1) is 10.7 Å². The Morgan fingerprint density at radius 3 is 2.67 bits per heavy atom. The van der Waals surface area contributed by atoms with E-state index in [1.807, 2.05) is 12.1 Å². The van der Waals surface area contributed by atoms with E-state index in [0.29, 0.717) is 18.6 Å². The van der Waals surface area contributed by atoms with Crippen molar-refractivity contribution >= 4 is 17.3 Å². The van der Waals surface area contributed by atoms with Crippen LogP contribution >= 0.6 is 11.6 Å². The van der Waals surface area contributed by atoms with Gasteiger partial charge in [0.1, 0.15) is 0 Å². The number of aliphatic hydroxyl groups is 1. The molecule has 0 amide bonds. The number of nitrogens with zero attached hydrogens (tertiary/aromatic N) is 2. The molecule has 2 N–H and O–H groups in total. The van der Waals surface area contributed by atoms with Gasteiger partial charge in [-0.3, -0.25) is 0 Å². The second kappa shape index (κ2) is 9.04. The predicted molar refractivity (Wildman–Crippen MR) is 101 cm³/mol. The number of hydrogen-bond acceptors (Lipinski definition) is 4. The number of halogens is 1. The highest BCUT2D eigenvalue weighted by Gasteiger charge is 2.22. The van der Waals surface area contributed by atoms with Gasteiger partial charge < -0.3 is 20.2 Å². The number of rotatable bonds is 6. The van der Waals surface area contributed by atoms with Crippen molar-refractivity contribution in [2.45, 2.75) is 31.7 Å². The van der Waals surface area contributed by atoms with Crippen LogP contribution in [-0.2, 0) is 0 Å². The van der Waals surface area contributed by atoms with Gasteiger partial charge in [0.15, 0.2) is 0 Å². The van der Waals surface area contributed by atoms with Crippen LogP contribution in [0.1, 0.15) is 25.7 Å². The average molecular weight is 352 g/mol. The van der Waals surface area contributed by atoms with E-state index in [-0.39, 0.29) is 0 Å². The molecule has 2 fully saturated rings. The van der Waals surface area contributed by atoms with Crippen LogP contribution in [0.15, 0.2) is 24.3 Å². The summed E-state index contributed by atoms with van der Waals surface area (Å²) in [6.07, 6.45) is 4.75. The monoisotopic (exact) mass is 351 g/mol. The smallest absolute Gasteiger partial charge is 0.0639 e. The number of hydrogen-bond donors (Lipinski definition) is 2. The zero-order valence-corrected chi connectivity index (χ0v) is 15.2. The van der Waals surface area contributed by atoms with Gasteiger partial charge in [0, 0.05) is 45.4 Å². The van der Waals surface area contributed by atoms with Crippen LogP contribution in [0.25, 0.3) is 0 Å². The number of para-hydroxylation sites is 1. The molecule has 0 saturated carbocycles. The Labute approximate surface area is 150 Å². The van der Waals surface area contributed by atoms with Gasteiger partial charge in [-0.15, -0.1) is 0 Å². The molecule has 2 saturated heterocycles. The Balaban J connectivity index is 1.36. The fourth-order valence-corrected chi connectivity index (χ4v) is 4.22. The lowest BCUT2D eigenvalue weighted by atomic mass is 9.99. The number of benzene rings is 1. The number of anilines is 1. The van der Waals surface area contributed by atoms with Crippen molar-refractivity contribution in [3.05, 3.63) is 29.3 Å². The fraction of sp³-hybridized carbons (Fsp3) is 0.684. The first-order valence-corrected chi connectivity index (χ1v) is 9.70. The van der Waals surface area contributed by atoms with Crippen molar-refractivity contribution < 1.29 is 5.11 Å². The lowest BCUT2D eigenvalue weighted by Gasteiger charge is -2.35. The second-order valence-corrected chi connectivity index (χ2v) is 7.57. The lowest BCUT2D eigenvalue weighted by molar-refractivity contribution is 0.120. The summed E-state index contributed by atoms with van der Waals surface area (Å²) in [6, 6.07) is 8.75. The number of likely N-dealkylation sites (tertiary alicyclic amines) is 1. The molecule has 0 aliphatic carbocycles. The summed E-state index contributed by atoms with van der Waals surface area (Å²) < 4.78 is 0. The van der Waals surface area contributed by atoms with Crippen molar-refractivity contribution in [3.8, 4) is 0 Å². The number of piperidine rings is 2. The fourth-order valence-electron chi connectivity index (χ4n) is 3.96. The van der Waals surface area contributed by atoms with Gasteiger partial charge in [-0.2, -0.15) is 0 Å². The highest BCUT2D eigenvalue weighted by atomic mass is 35.5. The van der Waals surface area contributed by atoms with E-state index >= 15 is 0 Å². The zero-order valence-electron chi connectivity index (χ0n) is 14.5. The van der Waals surface area contributed by atoms with Gasteiger partial charge in [-0.25, -0.2) is 0 Å². The molecule has 0 aromatic heterocycles. The van der Waals surface area contributed by atoms with Crippen LogP contribution in [0, 0.1) is 5.92 Å². The van der Waals surface area contributed by atoms with Crippen LogP contribution in [0.3, 0.4) is 0 Å². The molecule has 1 aromatic carbocycles. The van der Waals surface area contributed by atoms with E-state index in [1.54, 1.807) is 0 Å². The Hall–Kier alpha value is -0.810. The van der Waals surface area contributed by atoms with Crippen LogP contribution in [0.4, 0.5) is 5.69 Å². The molecule has 1 atom stereocenters. The predicted octanol–water partition coefficient (Wildman–Crippen LogP) is 2.60. The van der Waals surface area contributed by atoms with Gasteiger partial charge in [0.2, 0.25) is 0 Å². The minimum Gasteiger partial charge on any atom is -0.396 e. The summed E-state index contributed by atoms with van der Waals surface area (Å²) in [6.45, 7) is 6.86. The summed E-state index contributed by atoms with van der Waals surface area (Å²) in [5.41, 5.74) is 1.17. The van der Waals surface area contributed by atoms with Gasteiger partial charge in [0.25, 0.3) is 0 Å². The van der Waals surface area contributed by atoms with Crippen molar-refractivity contribution in [1.82, 2.24) is 10.2 Å². The van der Waals surface area contributed by atoms with Gasteiger partial charge >= 0.3 is 0 Å². The molecule has 134 valence electrons. The maximum Gasteiger partial charge on any atom is 0.0639 e. The highest BCUT2D eigenvalue weighted by Crippen LogP contribution is 2.27. The summed E-state index contributed by atoms with van der Waals surface area (Å²) in [5, 5.41) is 13.9. The van der Waals surface area contributed by atoms with E-state index in [0.717, 1.165) is 37.7 Å². The third-order valence-corrected chi connectivity index (χ3v) is 5.73. The highest BCUT2D eigenvalue weighted by molar-refractivity contribution is 6.33. The molecule has 0 spiro atoms. The Kier molecular flexibility index (Phi) is 6.78. The van der Waals surface area contributed by atoms with Gasteiger partial charge in [-0.1, -0.05) is 23.7 Å². The molecular formula is C19H30ClN3O. The molecule has 1 aromatic rings. The maximum absolute atomic E-state index is 9.32. The van der Waals surface area contributed by atoms with Crippen LogP contribution in [-0.4, -0.2) is 61.9 Å². The standard InChI is InChI=1S/C19H30ClN3O/c20-18-5-1-2-6-19(18)23-11-7-17(8-12-23)21-9-13-22-10-3-4-16(14-22)15-24/h1-2,5-6,16-17,21,24H,3-4,7-15H2. The zero-order chi connectivity index (χ0) is 16.8. The van der Waals surface area contributed by atoms with E-state index in [1.165, 1.54) is 37.9 Å². The topological polar surface area (TPSA) is 38.7 Å². The Morgan fingerprint density at radius 2 is 1.92 bits per heavy atom. The molecule has 24 heavy (non-hydrogen) atoms. The molecule has 2 heterocycles. The van der Waals surface area contributed by atoms with Crippen LogP contribution in [0.2, 0.25) is 5.02 Å². The van der Waals surface area contributed by atoms with Gasteiger partial charge in [-0.05, 0) is 50.3 Å². The summed E-state index contributed by atoms with van der Waals surface area (Å²) in [5.74, 6) is 0.484. The third-order valence-electron chi connectivity index (χ3n) is 5.41. The first kappa shape index (κ1) is 18.0. The largest absolute Gasteiger partial charge is 0.396 e. The molecule has 5 heteroatoms. The van der Waals surface area contributed by atoms with Crippen molar-refractivity contribution in [2.75, 3.05) is 50.8 Å². The van der Waals surface area contributed by atoms with E-state index in [4.69, 9.17) is 11.6 Å². The van der Waals surface area contributed by atoms with Crippen LogP contribution < -0.4 is 10.2 Å². The molecular weight excluding hydrogens is 322 g/mol. The summed E-state index contributed by atoms with van der Waals surface area (Å²) in [7, 11) is 0. The van der Waals surface area contributed by atoms with Crippen molar-refractivity contribution in [1.29, 1.82) is 0 Å². The van der Waals surface area contributed by atoms with E-state index in [9.17, 15) is 5.11 Å². The molecule has 1 unspecified atom stereocenters. The summed E-state index contributed by atoms with van der Waals surface area (Å²) >= 11 is 6.31. The third kappa shape index (κ3) is 4.85. The first-order chi connectivity index (χ1) is 11.8. The summed E-state index contributed by atoms with van der Waals surface area (Å²) in [4.78, 5) is 4.90. The van der Waals surface area contributed by atoms with Crippen molar-refractivity contribution in [2.24, 2.45) is 5.92 Å². The maximum atomic E-state index is 9.32. The quantitative estimate of drug-likeness (QED) is 0.826.